The quantitative estimate of drug-likeness (QED) is 0.798. The Morgan fingerprint density at radius 2 is 1.58 bits per heavy atom. The van der Waals surface area contributed by atoms with Crippen LogP contribution < -0.4 is 4.90 Å². The van der Waals surface area contributed by atoms with E-state index >= 15 is 0 Å². The van der Waals surface area contributed by atoms with Crippen molar-refractivity contribution in [3.8, 4) is 0 Å². The zero-order valence-electron chi connectivity index (χ0n) is 10.6. The Morgan fingerprint density at radius 3 is 2.21 bits per heavy atom. The molecule has 2 aromatic carbocycles. The molecule has 94 valence electrons. The molecule has 1 amide bonds. The molecule has 0 bridgehead atoms. The Morgan fingerprint density at radius 1 is 0.947 bits per heavy atom. The molecule has 19 heavy (non-hydrogen) atoms. The molecular formula is C17H15NO. The number of hydrogen-bond acceptors (Lipinski definition) is 1. The largest absolute Gasteiger partial charge is 0.284 e. The van der Waals surface area contributed by atoms with Gasteiger partial charge in [0.05, 0.1) is 0 Å². The van der Waals surface area contributed by atoms with Crippen molar-refractivity contribution >= 4 is 17.7 Å². The highest BCUT2D eigenvalue weighted by molar-refractivity contribution is 6.09. The molecule has 0 aliphatic rings. The summed E-state index contributed by atoms with van der Waals surface area (Å²) in [5, 5.41) is 0. The molecule has 0 fully saturated rings. The molecule has 0 atom stereocenters. The smallest absolute Gasteiger partial charge is 0.262 e. The zero-order chi connectivity index (χ0) is 13.7. The van der Waals surface area contributed by atoms with E-state index < -0.39 is 0 Å². The van der Waals surface area contributed by atoms with E-state index in [0.29, 0.717) is 5.56 Å². The Labute approximate surface area is 113 Å². The Kier molecular flexibility index (Phi) is 3.94. The van der Waals surface area contributed by atoms with Crippen LogP contribution in [0.2, 0.25) is 0 Å². The summed E-state index contributed by atoms with van der Waals surface area (Å²) in [5.74, 6) is -0.114. The maximum Gasteiger partial charge on any atom is 0.262 e. The van der Waals surface area contributed by atoms with Gasteiger partial charge in [0.15, 0.2) is 0 Å². The third kappa shape index (κ3) is 2.63. The second-order valence-corrected chi connectivity index (χ2v) is 3.98. The average molecular weight is 249 g/mol. The van der Waals surface area contributed by atoms with Gasteiger partial charge < -0.3 is 0 Å². The lowest BCUT2D eigenvalue weighted by atomic mass is 10.1. The topological polar surface area (TPSA) is 20.3 Å². The number of carbonyl (C=O) groups excluding carboxylic acids is 1. The fourth-order valence-electron chi connectivity index (χ4n) is 1.89. The third-order valence-electron chi connectivity index (χ3n) is 2.85. The molecule has 2 rings (SSSR count). The summed E-state index contributed by atoms with van der Waals surface area (Å²) in [4.78, 5) is 14.1. The second kappa shape index (κ2) is 5.83. The summed E-state index contributed by atoms with van der Waals surface area (Å²) in [5.41, 5.74) is 2.22. The predicted molar refractivity (Wildman–Crippen MR) is 80.0 cm³/mol. The van der Waals surface area contributed by atoms with Gasteiger partial charge in [0.25, 0.3) is 5.91 Å². The zero-order valence-corrected chi connectivity index (χ0v) is 10.6. The summed E-state index contributed by atoms with van der Waals surface area (Å²) in [6.45, 7) is 7.45. The van der Waals surface area contributed by atoms with Crippen molar-refractivity contribution in [1.29, 1.82) is 0 Å². The number of nitrogens with zero attached hydrogens (tertiary/aromatic N) is 1. The van der Waals surface area contributed by atoms with Crippen LogP contribution in [0.5, 0.6) is 0 Å². The molecule has 0 heterocycles. The normalized spacial score (nSPS) is 9.68. The van der Waals surface area contributed by atoms with Gasteiger partial charge in [-0.1, -0.05) is 55.6 Å². The van der Waals surface area contributed by atoms with Gasteiger partial charge in [0, 0.05) is 17.5 Å². The Hall–Kier alpha value is -2.61. The van der Waals surface area contributed by atoms with Crippen LogP contribution in [0.15, 0.2) is 74.0 Å². The number of benzene rings is 2. The van der Waals surface area contributed by atoms with Crippen LogP contribution in [-0.4, -0.2) is 5.91 Å². The molecule has 0 radical (unpaired) electrons. The molecule has 0 unspecified atom stereocenters. The number of anilines is 1. The minimum atomic E-state index is -0.114. The van der Waals surface area contributed by atoms with Crippen LogP contribution in [0.1, 0.15) is 15.9 Å². The first-order chi connectivity index (χ1) is 9.27. The van der Waals surface area contributed by atoms with Crippen molar-refractivity contribution in [1.82, 2.24) is 0 Å². The van der Waals surface area contributed by atoms with E-state index in [-0.39, 0.29) is 5.91 Å². The van der Waals surface area contributed by atoms with Crippen LogP contribution in [0.3, 0.4) is 0 Å². The fourth-order valence-corrected chi connectivity index (χ4v) is 1.89. The summed E-state index contributed by atoms with van der Waals surface area (Å²) in [6, 6.07) is 16.8. The number of rotatable bonds is 4. The van der Waals surface area contributed by atoms with E-state index in [0.717, 1.165) is 11.3 Å². The number of amides is 1. The third-order valence-corrected chi connectivity index (χ3v) is 2.85. The first-order valence-corrected chi connectivity index (χ1v) is 6.00. The lowest BCUT2D eigenvalue weighted by Crippen LogP contribution is -2.25. The van der Waals surface area contributed by atoms with Gasteiger partial charge in [-0.15, -0.1) is 0 Å². The Bertz CT molecular complexity index is 602. The number of carbonyl (C=O) groups is 1. The number of hydrogen-bond donors (Lipinski definition) is 0. The summed E-state index contributed by atoms with van der Waals surface area (Å²) in [6.07, 6.45) is 3.21. The van der Waals surface area contributed by atoms with E-state index in [1.165, 1.54) is 11.1 Å². The van der Waals surface area contributed by atoms with Gasteiger partial charge in [0.1, 0.15) is 0 Å². The second-order valence-electron chi connectivity index (χ2n) is 3.98. The standard InChI is InChI=1S/C17H15NO/c1-3-14-10-8-9-13-16(14)17(19)18(4-2)15-11-6-5-7-12-15/h3-13H,1-2H2. The van der Waals surface area contributed by atoms with Gasteiger partial charge in [0.2, 0.25) is 0 Å². The highest BCUT2D eigenvalue weighted by Crippen LogP contribution is 2.19. The van der Waals surface area contributed by atoms with Crippen molar-refractivity contribution in [2.45, 2.75) is 0 Å². The monoisotopic (exact) mass is 249 g/mol. The lowest BCUT2D eigenvalue weighted by Gasteiger charge is -2.19. The van der Waals surface area contributed by atoms with Crippen molar-refractivity contribution in [2.24, 2.45) is 0 Å². The van der Waals surface area contributed by atoms with Crippen molar-refractivity contribution < 1.29 is 4.79 Å². The van der Waals surface area contributed by atoms with E-state index in [1.54, 1.807) is 12.1 Å². The summed E-state index contributed by atoms with van der Waals surface area (Å²) >= 11 is 0. The first-order valence-electron chi connectivity index (χ1n) is 6.00. The molecule has 0 aliphatic heterocycles. The molecule has 2 heteroatoms. The Balaban J connectivity index is 2.42. The highest BCUT2D eigenvalue weighted by atomic mass is 16.2. The van der Waals surface area contributed by atoms with Crippen LogP contribution in [-0.2, 0) is 0 Å². The van der Waals surface area contributed by atoms with E-state index in [4.69, 9.17) is 0 Å². The lowest BCUT2D eigenvalue weighted by molar-refractivity contribution is 0.0997. The van der Waals surface area contributed by atoms with Crippen molar-refractivity contribution in [2.75, 3.05) is 4.90 Å². The molecule has 0 spiro atoms. The molecule has 0 N–H and O–H groups in total. The van der Waals surface area contributed by atoms with Crippen LogP contribution in [0, 0.1) is 0 Å². The number of para-hydroxylation sites is 1. The highest BCUT2D eigenvalue weighted by Gasteiger charge is 2.16. The van der Waals surface area contributed by atoms with E-state index in [2.05, 4.69) is 13.2 Å². The molecule has 0 saturated carbocycles. The van der Waals surface area contributed by atoms with Gasteiger partial charge in [-0.3, -0.25) is 9.69 Å². The van der Waals surface area contributed by atoms with Gasteiger partial charge >= 0.3 is 0 Å². The molecule has 2 nitrogen and oxygen atoms in total. The minimum absolute atomic E-state index is 0.114. The molecular weight excluding hydrogens is 234 g/mol. The van der Waals surface area contributed by atoms with E-state index in [9.17, 15) is 4.79 Å². The minimum Gasteiger partial charge on any atom is -0.284 e. The summed E-state index contributed by atoms with van der Waals surface area (Å²) in [7, 11) is 0. The SMILES string of the molecule is C=Cc1ccccc1C(=O)N(C=C)c1ccccc1. The fraction of sp³-hybridized carbons (Fsp3) is 0. The molecule has 0 aromatic heterocycles. The average Bonchev–Trinajstić information content (AvgIpc) is 2.49. The predicted octanol–water partition coefficient (Wildman–Crippen LogP) is 4.12. The van der Waals surface area contributed by atoms with Crippen LogP contribution in [0.25, 0.3) is 6.08 Å². The van der Waals surface area contributed by atoms with Crippen LogP contribution >= 0.6 is 0 Å². The van der Waals surface area contributed by atoms with Gasteiger partial charge in [-0.2, -0.15) is 0 Å². The van der Waals surface area contributed by atoms with Gasteiger partial charge in [-0.05, 0) is 23.8 Å². The van der Waals surface area contributed by atoms with Crippen LogP contribution in [0.4, 0.5) is 5.69 Å². The molecule has 0 saturated heterocycles. The maximum absolute atomic E-state index is 12.6. The van der Waals surface area contributed by atoms with Gasteiger partial charge in [-0.25, -0.2) is 0 Å². The maximum atomic E-state index is 12.6. The van der Waals surface area contributed by atoms with Crippen molar-refractivity contribution in [3.05, 3.63) is 85.1 Å². The molecule has 0 aliphatic carbocycles. The summed E-state index contributed by atoms with van der Waals surface area (Å²) < 4.78 is 0. The first kappa shape index (κ1) is 12.8. The van der Waals surface area contributed by atoms with E-state index in [1.807, 2.05) is 48.5 Å². The van der Waals surface area contributed by atoms with Crippen molar-refractivity contribution in [3.63, 3.8) is 0 Å². The molecule has 2 aromatic rings.